The van der Waals surface area contributed by atoms with E-state index in [1.165, 1.54) is 11.1 Å². The van der Waals surface area contributed by atoms with E-state index in [0.717, 1.165) is 5.69 Å². The molecule has 1 fully saturated rings. The molecule has 18 heavy (non-hydrogen) atoms. The lowest BCUT2D eigenvalue weighted by Gasteiger charge is -2.41. The molecule has 1 aromatic heterocycles. The first-order chi connectivity index (χ1) is 8.40. The highest BCUT2D eigenvalue weighted by Gasteiger charge is 2.37. The quantitative estimate of drug-likeness (QED) is 0.767. The second-order valence-electron chi connectivity index (χ2n) is 5.02. The Morgan fingerprint density at radius 3 is 2.72 bits per heavy atom. The van der Waals surface area contributed by atoms with Gasteiger partial charge in [-0.25, -0.2) is 4.98 Å². The Kier molecular flexibility index (Phi) is 3.02. The average molecular weight is 248 g/mol. The summed E-state index contributed by atoms with van der Waals surface area (Å²) >= 11 is 0. The number of carbonyl (C=O) groups is 2. The molecule has 96 valence electrons. The number of carbonyl (C=O) groups excluding carboxylic acids is 2. The number of hydrogen-bond acceptors (Lipinski definition) is 4. The molecule has 0 radical (unpaired) electrons. The molecular formula is C12H16N4O2. The summed E-state index contributed by atoms with van der Waals surface area (Å²) in [4.78, 5) is 33.4. The van der Waals surface area contributed by atoms with E-state index >= 15 is 0 Å². The Hall–Kier alpha value is -1.98. The lowest BCUT2D eigenvalue weighted by atomic mass is 9.99. The maximum absolute atomic E-state index is 12.3. The fraction of sp³-hybridized carbons (Fsp3) is 0.500. The van der Waals surface area contributed by atoms with Crippen LogP contribution in [0.4, 0.5) is 0 Å². The molecule has 1 N–H and O–H groups in total. The lowest BCUT2D eigenvalue weighted by Crippen LogP contribution is -2.62. The zero-order chi connectivity index (χ0) is 13.3. The third-order valence-electron chi connectivity index (χ3n) is 3.00. The van der Waals surface area contributed by atoms with Crippen molar-refractivity contribution in [3.05, 3.63) is 23.8 Å². The number of aromatic nitrogens is 2. The summed E-state index contributed by atoms with van der Waals surface area (Å²) in [5, 5.41) is 2.75. The van der Waals surface area contributed by atoms with Gasteiger partial charge in [0, 0.05) is 12.7 Å². The molecule has 0 bridgehead atoms. The van der Waals surface area contributed by atoms with Crippen LogP contribution >= 0.6 is 0 Å². The third kappa shape index (κ3) is 2.32. The first-order valence-electron chi connectivity index (χ1n) is 5.77. The fourth-order valence-electron chi connectivity index (χ4n) is 1.81. The SMILES string of the molecule is Cc1cnc(C(=O)N2CC(=O)NCC2(C)C)cn1. The van der Waals surface area contributed by atoms with Crippen LogP contribution in [0.25, 0.3) is 0 Å². The first kappa shape index (κ1) is 12.5. The summed E-state index contributed by atoms with van der Waals surface area (Å²) < 4.78 is 0. The van der Waals surface area contributed by atoms with E-state index < -0.39 is 5.54 Å². The minimum atomic E-state index is -0.419. The van der Waals surface area contributed by atoms with Gasteiger partial charge >= 0.3 is 0 Å². The molecule has 2 rings (SSSR count). The van der Waals surface area contributed by atoms with Gasteiger partial charge in [-0.15, -0.1) is 0 Å². The summed E-state index contributed by atoms with van der Waals surface area (Å²) in [6, 6.07) is 0. The topological polar surface area (TPSA) is 75.2 Å². The van der Waals surface area contributed by atoms with Crippen molar-refractivity contribution in [1.82, 2.24) is 20.2 Å². The number of nitrogens with zero attached hydrogens (tertiary/aromatic N) is 3. The van der Waals surface area contributed by atoms with Gasteiger partial charge in [0.05, 0.1) is 17.4 Å². The monoisotopic (exact) mass is 248 g/mol. The number of rotatable bonds is 1. The standard InChI is InChI=1S/C12H16N4O2/c1-8-4-14-9(5-13-8)11(18)16-6-10(17)15-7-12(16,2)3/h4-5H,6-7H2,1-3H3,(H,15,17). The highest BCUT2D eigenvalue weighted by Crippen LogP contribution is 2.18. The van der Waals surface area contributed by atoms with Crippen molar-refractivity contribution in [3.63, 3.8) is 0 Å². The lowest BCUT2D eigenvalue weighted by molar-refractivity contribution is -0.126. The van der Waals surface area contributed by atoms with Crippen LogP contribution in [0.15, 0.2) is 12.4 Å². The Morgan fingerprint density at radius 2 is 2.11 bits per heavy atom. The fourth-order valence-corrected chi connectivity index (χ4v) is 1.81. The number of piperazine rings is 1. The van der Waals surface area contributed by atoms with Crippen LogP contribution in [0, 0.1) is 6.92 Å². The van der Waals surface area contributed by atoms with E-state index in [9.17, 15) is 9.59 Å². The van der Waals surface area contributed by atoms with Gasteiger partial charge < -0.3 is 10.2 Å². The van der Waals surface area contributed by atoms with Crippen molar-refractivity contribution in [3.8, 4) is 0 Å². The summed E-state index contributed by atoms with van der Waals surface area (Å²) in [7, 11) is 0. The number of aryl methyl sites for hydroxylation is 1. The summed E-state index contributed by atoms with van der Waals surface area (Å²) in [6.45, 7) is 6.12. The van der Waals surface area contributed by atoms with Crippen molar-refractivity contribution < 1.29 is 9.59 Å². The highest BCUT2D eigenvalue weighted by atomic mass is 16.2. The van der Waals surface area contributed by atoms with Crippen molar-refractivity contribution in [2.24, 2.45) is 0 Å². The van der Waals surface area contributed by atoms with Gasteiger partial charge in [0.2, 0.25) is 5.91 Å². The van der Waals surface area contributed by atoms with E-state index in [1.807, 2.05) is 13.8 Å². The number of amides is 2. The van der Waals surface area contributed by atoms with E-state index in [2.05, 4.69) is 15.3 Å². The van der Waals surface area contributed by atoms with Crippen molar-refractivity contribution in [2.75, 3.05) is 13.1 Å². The minimum absolute atomic E-state index is 0.0569. The molecule has 1 saturated heterocycles. The van der Waals surface area contributed by atoms with E-state index in [4.69, 9.17) is 0 Å². The molecule has 6 nitrogen and oxygen atoms in total. The Balaban J connectivity index is 2.26. The molecule has 2 amide bonds. The Labute approximate surface area is 105 Å². The molecule has 1 aromatic rings. The van der Waals surface area contributed by atoms with E-state index in [0.29, 0.717) is 6.54 Å². The number of nitrogens with one attached hydrogen (secondary N) is 1. The third-order valence-corrected chi connectivity index (χ3v) is 3.00. The minimum Gasteiger partial charge on any atom is -0.352 e. The maximum Gasteiger partial charge on any atom is 0.275 e. The predicted molar refractivity (Wildman–Crippen MR) is 64.9 cm³/mol. The molecule has 1 aliphatic heterocycles. The zero-order valence-electron chi connectivity index (χ0n) is 10.7. The maximum atomic E-state index is 12.3. The second-order valence-corrected chi connectivity index (χ2v) is 5.02. The van der Waals surface area contributed by atoms with Gasteiger partial charge in [-0.3, -0.25) is 14.6 Å². The van der Waals surface area contributed by atoms with Crippen molar-refractivity contribution >= 4 is 11.8 Å². The average Bonchev–Trinajstić information content (AvgIpc) is 2.32. The Bertz CT molecular complexity index is 481. The largest absolute Gasteiger partial charge is 0.352 e. The van der Waals surface area contributed by atoms with Crippen molar-refractivity contribution in [2.45, 2.75) is 26.3 Å². The van der Waals surface area contributed by atoms with Crippen LogP contribution in [0.3, 0.4) is 0 Å². The highest BCUT2D eigenvalue weighted by molar-refractivity contribution is 5.96. The summed E-state index contributed by atoms with van der Waals surface area (Å²) in [5.41, 5.74) is 0.600. The molecule has 0 aromatic carbocycles. The molecular weight excluding hydrogens is 232 g/mol. The summed E-state index contributed by atoms with van der Waals surface area (Å²) in [5.74, 6) is -0.412. The molecule has 0 aliphatic carbocycles. The molecule has 1 aliphatic rings. The first-order valence-corrected chi connectivity index (χ1v) is 5.77. The van der Waals surface area contributed by atoms with Crippen LogP contribution in [-0.2, 0) is 4.79 Å². The van der Waals surface area contributed by atoms with E-state index in [-0.39, 0.29) is 24.1 Å². The summed E-state index contributed by atoms with van der Waals surface area (Å²) in [6.07, 6.45) is 2.99. The van der Waals surface area contributed by atoms with Gasteiger partial charge in [0.1, 0.15) is 12.2 Å². The van der Waals surface area contributed by atoms with Gasteiger partial charge in [0.15, 0.2) is 0 Å². The van der Waals surface area contributed by atoms with Crippen LogP contribution in [0.1, 0.15) is 30.0 Å². The van der Waals surface area contributed by atoms with Crippen LogP contribution in [0.2, 0.25) is 0 Å². The zero-order valence-corrected chi connectivity index (χ0v) is 10.7. The second kappa shape index (κ2) is 4.36. The predicted octanol–water partition coefficient (Wildman–Crippen LogP) is 0.136. The molecule has 2 heterocycles. The molecule has 0 atom stereocenters. The molecule has 0 spiro atoms. The van der Waals surface area contributed by atoms with Gasteiger partial charge in [-0.2, -0.15) is 0 Å². The molecule has 0 unspecified atom stereocenters. The van der Waals surface area contributed by atoms with Gasteiger partial charge in [-0.1, -0.05) is 0 Å². The van der Waals surface area contributed by atoms with Gasteiger partial charge in [-0.05, 0) is 20.8 Å². The number of hydrogen-bond donors (Lipinski definition) is 1. The van der Waals surface area contributed by atoms with Crippen LogP contribution in [0.5, 0.6) is 0 Å². The smallest absolute Gasteiger partial charge is 0.275 e. The molecule has 0 saturated carbocycles. The van der Waals surface area contributed by atoms with Crippen LogP contribution in [-0.4, -0.2) is 45.3 Å². The van der Waals surface area contributed by atoms with Gasteiger partial charge in [0.25, 0.3) is 5.91 Å². The normalized spacial score (nSPS) is 18.4. The van der Waals surface area contributed by atoms with Crippen LogP contribution < -0.4 is 5.32 Å². The Morgan fingerprint density at radius 1 is 1.39 bits per heavy atom. The van der Waals surface area contributed by atoms with Crippen molar-refractivity contribution in [1.29, 1.82) is 0 Å². The molecule has 6 heteroatoms. The van der Waals surface area contributed by atoms with E-state index in [1.54, 1.807) is 13.1 Å².